The van der Waals surface area contributed by atoms with Gasteiger partial charge in [-0.15, -0.1) is 0 Å². The third-order valence-electron chi connectivity index (χ3n) is 5.32. The standard InChI is InChI=1S/C22H22BrN3O2/c23-18-6-4-5-17(15-18)22(10-13-28-14-11-22)16-24-21(27)20-9-12-26(25-20)19-7-2-1-3-8-19/h1-9,12,15H,10-11,13-14,16H2,(H,24,27). The molecule has 1 aliphatic heterocycles. The summed E-state index contributed by atoms with van der Waals surface area (Å²) >= 11 is 3.56. The lowest BCUT2D eigenvalue weighted by molar-refractivity contribution is 0.0486. The number of amides is 1. The van der Waals surface area contributed by atoms with Gasteiger partial charge in [0.1, 0.15) is 0 Å². The van der Waals surface area contributed by atoms with Crippen LogP contribution in [-0.2, 0) is 10.2 Å². The molecule has 0 atom stereocenters. The molecule has 1 fully saturated rings. The van der Waals surface area contributed by atoms with Crippen molar-refractivity contribution in [1.82, 2.24) is 15.1 Å². The molecule has 0 radical (unpaired) electrons. The fourth-order valence-electron chi connectivity index (χ4n) is 3.66. The summed E-state index contributed by atoms with van der Waals surface area (Å²) in [5.74, 6) is -0.157. The summed E-state index contributed by atoms with van der Waals surface area (Å²) in [4.78, 5) is 12.7. The summed E-state index contributed by atoms with van der Waals surface area (Å²) in [6, 6.07) is 19.8. The van der Waals surface area contributed by atoms with E-state index in [9.17, 15) is 4.79 Å². The molecule has 4 rings (SSSR count). The molecular formula is C22H22BrN3O2. The second kappa shape index (κ2) is 8.29. The van der Waals surface area contributed by atoms with Crippen LogP contribution in [-0.4, -0.2) is 35.4 Å². The number of nitrogens with one attached hydrogen (secondary N) is 1. The van der Waals surface area contributed by atoms with Crippen LogP contribution >= 0.6 is 15.9 Å². The van der Waals surface area contributed by atoms with Gasteiger partial charge in [0, 0.05) is 35.8 Å². The molecule has 6 heteroatoms. The van der Waals surface area contributed by atoms with Gasteiger partial charge in [-0.1, -0.05) is 46.3 Å². The molecule has 1 saturated heterocycles. The van der Waals surface area contributed by atoms with Gasteiger partial charge in [-0.2, -0.15) is 5.10 Å². The Kier molecular flexibility index (Phi) is 5.59. The number of rotatable bonds is 5. The van der Waals surface area contributed by atoms with Gasteiger partial charge in [-0.25, -0.2) is 4.68 Å². The summed E-state index contributed by atoms with van der Waals surface area (Å²) < 4.78 is 8.34. The fraction of sp³-hybridized carbons (Fsp3) is 0.273. The summed E-state index contributed by atoms with van der Waals surface area (Å²) in [5.41, 5.74) is 2.44. The van der Waals surface area contributed by atoms with Crippen LogP contribution in [0.15, 0.2) is 71.3 Å². The fourth-order valence-corrected chi connectivity index (χ4v) is 4.06. The van der Waals surface area contributed by atoms with Crippen LogP contribution < -0.4 is 5.32 Å². The highest BCUT2D eigenvalue weighted by molar-refractivity contribution is 9.10. The molecule has 0 aliphatic carbocycles. The maximum absolute atomic E-state index is 12.7. The first-order valence-corrected chi connectivity index (χ1v) is 10.2. The SMILES string of the molecule is O=C(NCC1(c2cccc(Br)c2)CCOCC1)c1ccn(-c2ccccc2)n1. The van der Waals surface area contributed by atoms with E-state index in [4.69, 9.17) is 4.74 Å². The van der Waals surface area contributed by atoms with Crippen molar-refractivity contribution in [2.24, 2.45) is 0 Å². The molecule has 1 aromatic heterocycles. The monoisotopic (exact) mass is 439 g/mol. The summed E-state index contributed by atoms with van der Waals surface area (Å²) in [7, 11) is 0. The number of carbonyl (C=O) groups is 1. The Bertz CT molecular complexity index is 949. The van der Waals surface area contributed by atoms with Gasteiger partial charge in [0.2, 0.25) is 0 Å². The van der Waals surface area contributed by atoms with Crippen molar-refractivity contribution in [3.8, 4) is 5.69 Å². The second-order valence-electron chi connectivity index (χ2n) is 7.07. The molecule has 28 heavy (non-hydrogen) atoms. The van der Waals surface area contributed by atoms with Gasteiger partial charge < -0.3 is 10.1 Å². The maximum atomic E-state index is 12.7. The highest BCUT2D eigenvalue weighted by Crippen LogP contribution is 2.35. The van der Waals surface area contributed by atoms with Crippen LogP contribution in [0.3, 0.4) is 0 Å². The van der Waals surface area contributed by atoms with E-state index in [2.05, 4.69) is 38.5 Å². The molecule has 1 aliphatic rings. The van der Waals surface area contributed by atoms with E-state index in [1.165, 1.54) is 5.56 Å². The number of ether oxygens (including phenoxy) is 1. The molecule has 0 saturated carbocycles. The normalized spacial score (nSPS) is 15.9. The number of para-hydroxylation sites is 1. The molecule has 0 unspecified atom stereocenters. The Hall–Kier alpha value is -2.44. The van der Waals surface area contributed by atoms with Gasteiger partial charge in [0.05, 0.1) is 5.69 Å². The van der Waals surface area contributed by atoms with E-state index in [0.717, 1.165) is 23.0 Å². The number of hydrogen-bond acceptors (Lipinski definition) is 3. The average molecular weight is 440 g/mol. The largest absolute Gasteiger partial charge is 0.381 e. The Morgan fingerprint density at radius 2 is 1.89 bits per heavy atom. The molecule has 1 N–H and O–H groups in total. The number of carbonyl (C=O) groups excluding carboxylic acids is 1. The minimum Gasteiger partial charge on any atom is -0.381 e. The Labute approximate surface area is 172 Å². The van der Waals surface area contributed by atoms with Crippen LogP contribution in [0.1, 0.15) is 28.9 Å². The van der Waals surface area contributed by atoms with E-state index in [0.29, 0.717) is 25.5 Å². The first-order valence-electron chi connectivity index (χ1n) is 9.39. The molecular weight excluding hydrogens is 418 g/mol. The van der Waals surface area contributed by atoms with Crippen LogP contribution in [0.5, 0.6) is 0 Å². The van der Waals surface area contributed by atoms with Crippen molar-refractivity contribution in [3.05, 3.63) is 82.6 Å². The van der Waals surface area contributed by atoms with Crippen molar-refractivity contribution in [3.63, 3.8) is 0 Å². The zero-order valence-electron chi connectivity index (χ0n) is 15.5. The van der Waals surface area contributed by atoms with E-state index in [1.54, 1.807) is 10.7 Å². The lowest BCUT2D eigenvalue weighted by Crippen LogP contribution is -2.44. The second-order valence-corrected chi connectivity index (χ2v) is 7.98. The van der Waals surface area contributed by atoms with Gasteiger partial charge >= 0.3 is 0 Å². The van der Waals surface area contributed by atoms with Gasteiger partial charge in [0.25, 0.3) is 5.91 Å². The topological polar surface area (TPSA) is 56.1 Å². The van der Waals surface area contributed by atoms with Crippen LogP contribution in [0.4, 0.5) is 0 Å². The molecule has 3 aromatic rings. The van der Waals surface area contributed by atoms with Crippen molar-refractivity contribution in [1.29, 1.82) is 0 Å². The number of hydrogen-bond donors (Lipinski definition) is 1. The first-order chi connectivity index (χ1) is 13.7. The molecule has 0 bridgehead atoms. The maximum Gasteiger partial charge on any atom is 0.271 e. The molecule has 2 heterocycles. The smallest absolute Gasteiger partial charge is 0.271 e. The van der Waals surface area contributed by atoms with E-state index in [-0.39, 0.29) is 11.3 Å². The number of halogens is 1. The predicted molar refractivity (Wildman–Crippen MR) is 112 cm³/mol. The minimum atomic E-state index is -0.157. The van der Waals surface area contributed by atoms with Gasteiger partial charge in [0.15, 0.2) is 5.69 Å². The molecule has 1 amide bonds. The summed E-state index contributed by atoms with van der Waals surface area (Å²) in [5, 5.41) is 7.53. The van der Waals surface area contributed by atoms with Crippen LogP contribution in [0, 0.1) is 0 Å². The van der Waals surface area contributed by atoms with Crippen molar-refractivity contribution in [2.75, 3.05) is 19.8 Å². The third kappa shape index (κ3) is 4.03. The Morgan fingerprint density at radius 1 is 1.11 bits per heavy atom. The lowest BCUT2D eigenvalue weighted by Gasteiger charge is -2.38. The molecule has 2 aromatic carbocycles. The average Bonchev–Trinajstić information content (AvgIpc) is 3.24. The van der Waals surface area contributed by atoms with E-state index >= 15 is 0 Å². The zero-order valence-corrected chi connectivity index (χ0v) is 17.1. The molecule has 144 valence electrons. The number of nitrogens with zero attached hydrogens (tertiary/aromatic N) is 2. The van der Waals surface area contributed by atoms with E-state index in [1.807, 2.05) is 48.7 Å². The highest BCUT2D eigenvalue weighted by Gasteiger charge is 2.35. The summed E-state index contributed by atoms with van der Waals surface area (Å²) in [6.07, 6.45) is 3.56. The number of aromatic nitrogens is 2. The Morgan fingerprint density at radius 3 is 2.64 bits per heavy atom. The van der Waals surface area contributed by atoms with E-state index < -0.39 is 0 Å². The minimum absolute atomic E-state index is 0.125. The number of benzene rings is 2. The third-order valence-corrected chi connectivity index (χ3v) is 5.81. The van der Waals surface area contributed by atoms with Gasteiger partial charge in [-0.05, 0) is 48.7 Å². The predicted octanol–water partition coefficient (Wildman–Crippen LogP) is 4.11. The molecule has 0 spiro atoms. The molecule has 5 nitrogen and oxygen atoms in total. The Balaban J connectivity index is 1.50. The van der Waals surface area contributed by atoms with Crippen molar-refractivity contribution >= 4 is 21.8 Å². The highest BCUT2D eigenvalue weighted by atomic mass is 79.9. The quantitative estimate of drug-likeness (QED) is 0.650. The van der Waals surface area contributed by atoms with Crippen LogP contribution in [0.2, 0.25) is 0 Å². The lowest BCUT2D eigenvalue weighted by atomic mass is 9.74. The van der Waals surface area contributed by atoms with Crippen molar-refractivity contribution in [2.45, 2.75) is 18.3 Å². The summed E-state index contributed by atoms with van der Waals surface area (Å²) in [6.45, 7) is 1.96. The van der Waals surface area contributed by atoms with Crippen LogP contribution in [0.25, 0.3) is 5.69 Å². The zero-order chi connectivity index (χ0) is 19.4. The van der Waals surface area contributed by atoms with Gasteiger partial charge in [-0.3, -0.25) is 4.79 Å². The first kappa shape index (κ1) is 18.9. The van der Waals surface area contributed by atoms with Crippen molar-refractivity contribution < 1.29 is 9.53 Å².